The van der Waals surface area contributed by atoms with E-state index >= 15 is 0 Å². The van der Waals surface area contributed by atoms with E-state index in [1.165, 1.54) is 29.4 Å². The van der Waals surface area contributed by atoms with Crippen LogP contribution >= 0.6 is 11.6 Å². The highest BCUT2D eigenvalue weighted by Gasteiger charge is 2.30. The van der Waals surface area contributed by atoms with Gasteiger partial charge in [-0.15, -0.1) is 0 Å². The van der Waals surface area contributed by atoms with Gasteiger partial charge in [-0.05, 0) is 47.9 Å². The summed E-state index contributed by atoms with van der Waals surface area (Å²) in [5.41, 5.74) is 4.02. The molecular formula is C14H16ClN. The number of aromatic amines is 1. The van der Waals surface area contributed by atoms with E-state index in [2.05, 4.69) is 31.0 Å². The molecule has 0 unspecified atom stereocenters. The topological polar surface area (TPSA) is 15.8 Å². The largest absolute Gasteiger partial charge is 0.361 e. The van der Waals surface area contributed by atoms with E-state index < -0.39 is 0 Å². The van der Waals surface area contributed by atoms with Gasteiger partial charge < -0.3 is 4.98 Å². The van der Waals surface area contributed by atoms with Gasteiger partial charge in [0.25, 0.3) is 0 Å². The Kier molecular flexibility index (Phi) is 2.25. The molecule has 1 heterocycles. The zero-order valence-electron chi connectivity index (χ0n) is 9.68. The van der Waals surface area contributed by atoms with E-state index in [4.69, 9.17) is 11.6 Å². The van der Waals surface area contributed by atoms with E-state index in [0.717, 1.165) is 10.5 Å². The first-order chi connectivity index (χ1) is 7.68. The first kappa shape index (κ1) is 10.2. The van der Waals surface area contributed by atoms with Crippen molar-refractivity contribution in [1.29, 1.82) is 0 Å². The lowest BCUT2D eigenvalue weighted by atomic mass is 9.91. The zero-order chi connectivity index (χ0) is 11.3. The number of hydrogen-bond acceptors (Lipinski definition) is 0. The summed E-state index contributed by atoms with van der Waals surface area (Å²) in [6, 6.07) is 4.25. The molecule has 0 bridgehead atoms. The molecule has 1 aromatic carbocycles. The summed E-state index contributed by atoms with van der Waals surface area (Å²) in [7, 11) is 0. The molecule has 1 aromatic heterocycles. The Hall–Kier alpha value is -0.950. The van der Waals surface area contributed by atoms with Gasteiger partial charge in [0, 0.05) is 22.1 Å². The second-order valence-corrected chi connectivity index (χ2v) is 5.46. The molecule has 1 aliphatic carbocycles. The summed E-state index contributed by atoms with van der Waals surface area (Å²) < 4.78 is 0. The van der Waals surface area contributed by atoms with Crippen LogP contribution in [-0.4, -0.2) is 4.98 Å². The molecule has 1 aliphatic rings. The van der Waals surface area contributed by atoms with Crippen LogP contribution in [0.25, 0.3) is 10.9 Å². The Morgan fingerprint density at radius 2 is 2.12 bits per heavy atom. The molecule has 0 spiro atoms. The average Bonchev–Trinajstić information content (AvgIpc) is 2.95. The molecule has 0 radical (unpaired) electrons. The minimum absolute atomic E-state index is 0.535. The molecule has 0 atom stereocenters. The van der Waals surface area contributed by atoms with Crippen molar-refractivity contribution in [2.45, 2.75) is 38.5 Å². The van der Waals surface area contributed by atoms with Gasteiger partial charge in [0.05, 0.1) is 0 Å². The summed E-state index contributed by atoms with van der Waals surface area (Å²) in [5, 5.41) is 2.29. The maximum Gasteiger partial charge on any atom is 0.0471 e. The molecule has 16 heavy (non-hydrogen) atoms. The van der Waals surface area contributed by atoms with Crippen molar-refractivity contribution in [3.05, 3.63) is 34.5 Å². The van der Waals surface area contributed by atoms with Gasteiger partial charge in [0.2, 0.25) is 0 Å². The van der Waals surface area contributed by atoms with E-state index in [-0.39, 0.29) is 0 Å². The fourth-order valence-corrected chi connectivity index (χ4v) is 2.99. The zero-order valence-corrected chi connectivity index (χ0v) is 10.4. The van der Waals surface area contributed by atoms with Crippen LogP contribution in [0.3, 0.4) is 0 Å². The Morgan fingerprint density at radius 3 is 2.75 bits per heavy atom. The van der Waals surface area contributed by atoms with Crippen LogP contribution in [0.2, 0.25) is 5.02 Å². The predicted molar refractivity (Wildman–Crippen MR) is 69.4 cm³/mol. The van der Waals surface area contributed by atoms with E-state index in [9.17, 15) is 0 Å². The van der Waals surface area contributed by atoms with Crippen molar-refractivity contribution in [2.75, 3.05) is 0 Å². The lowest BCUT2D eigenvalue weighted by molar-refractivity contribution is 0.852. The Labute approximate surface area is 101 Å². The number of aromatic nitrogens is 1. The van der Waals surface area contributed by atoms with E-state index in [1.807, 2.05) is 6.20 Å². The third-order valence-electron chi connectivity index (χ3n) is 3.45. The van der Waals surface area contributed by atoms with Gasteiger partial charge in [-0.1, -0.05) is 25.4 Å². The fraction of sp³-hybridized carbons (Fsp3) is 0.429. The quantitative estimate of drug-likeness (QED) is 0.765. The van der Waals surface area contributed by atoms with Crippen LogP contribution in [0.15, 0.2) is 18.3 Å². The standard InChI is InChI=1S/C14H16ClN/c1-8(2)13-10-5-6-16-12(10)7-11(15)14(13)9-3-4-9/h5-9,16H,3-4H2,1-2H3. The molecule has 1 nitrogen and oxygen atoms in total. The molecule has 0 aliphatic heterocycles. The number of nitrogens with one attached hydrogen (secondary N) is 1. The first-order valence-electron chi connectivity index (χ1n) is 5.98. The highest BCUT2D eigenvalue weighted by molar-refractivity contribution is 6.32. The Bertz CT molecular complexity index is 535. The van der Waals surface area contributed by atoms with Crippen molar-refractivity contribution in [1.82, 2.24) is 4.98 Å². The lowest BCUT2D eigenvalue weighted by Gasteiger charge is -2.15. The van der Waals surface area contributed by atoms with Gasteiger partial charge in [0.1, 0.15) is 0 Å². The van der Waals surface area contributed by atoms with E-state index in [0.29, 0.717) is 11.8 Å². The molecule has 2 heteroatoms. The lowest BCUT2D eigenvalue weighted by Crippen LogP contribution is -1.97. The smallest absolute Gasteiger partial charge is 0.0471 e. The monoisotopic (exact) mass is 233 g/mol. The highest BCUT2D eigenvalue weighted by Crippen LogP contribution is 2.48. The highest BCUT2D eigenvalue weighted by atomic mass is 35.5. The predicted octanol–water partition coefficient (Wildman–Crippen LogP) is 4.82. The fourth-order valence-electron chi connectivity index (χ4n) is 2.62. The average molecular weight is 234 g/mol. The number of hydrogen-bond donors (Lipinski definition) is 1. The van der Waals surface area contributed by atoms with Gasteiger partial charge >= 0.3 is 0 Å². The molecule has 84 valence electrons. The van der Waals surface area contributed by atoms with Crippen LogP contribution in [0.5, 0.6) is 0 Å². The third kappa shape index (κ3) is 1.46. The minimum Gasteiger partial charge on any atom is -0.361 e. The maximum absolute atomic E-state index is 6.42. The summed E-state index contributed by atoms with van der Waals surface area (Å²) in [5.74, 6) is 1.25. The molecular weight excluding hydrogens is 218 g/mol. The normalized spacial score (nSPS) is 16.2. The Morgan fingerprint density at radius 1 is 1.38 bits per heavy atom. The van der Waals surface area contributed by atoms with Crippen LogP contribution in [0.1, 0.15) is 49.7 Å². The number of halogens is 1. The molecule has 1 fully saturated rings. The second kappa shape index (κ2) is 3.53. The van der Waals surface area contributed by atoms with Crippen LogP contribution in [0, 0.1) is 0 Å². The summed E-state index contributed by atoms with van der Waals surface area (Å²) >= 11 is 6.42. The Balaban J connectivity index is 2.35. The third-order valence-corrected chi connectivity index (χ3v) is 3.76. The molecule has 1 saturated carbocycles. The minimum atomic E-state index is 0.535. The summed E-state index contributed by atoms with van der Waals surface area (Å²) in [6.45, 7) is 4.51. The number of H-pyrrole nitrogens is 1. The van der Waals surface area contributed by atoms with Crippen molar-refractivity contribution in [2.24, 2.45) is 0 Å². The molecule has 0 saturated heterocycles. The summed E-state index contributed by atoms with van der Waals surface area (Å²) in [4.78, 5) is 3.26. The van der Waals surface area contributed by atoms with E-state index in [1.54, 1.807) is 0 Å². The SMILES string of the molecule is CC(C)c1c(C2CC2)c(Cl)cc2[nH]ccc12. The number of rotatable bonds is 2. The van der Waals surface area contributed by atoms with Crippen molar-refractivity contribution < 1.29 is 0 Å². The molecule has 1 N–H and O–H groups in total. The second-order valence-electron chi connectivity index (χ2n) is 5.05. The van der Waals surface area contributed by atoms with Gasteiger partial charge in [-0.25, -0.2) is 0 Å². The van der Waals surface area contributed by atoms with Crippen molar-refractivity contribution in [3.8, 4) is 0 Å². The van der Waals surface area contributed by atoms with Gasteiger partial charge in [-0.3, -0.25) is 0 Å². The number of fused-ring (bicyclic) bond motifs is 1. The molecule has 2 aromatic rings. The van der Waals surface area contributed by atoms with Crippen LogP contribution < -0.4 is 0 Å². The van der Waals surface area contributed by atoms with Crippen LogP contribution in [-0.2, 0) is 0 Å². The van der Waals surface area contributed by atoms with Gasteiger partial charge in [-0.2, -0.15) is 0 Å². The summed E-state index contributed by atoms with van der Waals surface area (Å²) in [6.07, 6.45) is 4.61. The van der Waals surface area contributed by atoms with Crippen LogP contribution in [0.4, 0.5) is 0 Å². The molecule has 3 rings (SSSR count). The molecule has 0 amide bonds. The van der Waals surface area contributed by atoms with Gasteiger partial charge in [0.15, 0.2) is 0 Å². The van der Waals surface area contributed by atoms with Crippen molar-refractivity contribution >= 4 is 22.5 Å². The maximum atomic E-state index is 6.42. The first-order valence-corrected chi connectivity index (χ1v) is 6.35. The van der Waals surface area contributed by atoms with Crippen molar-refractivity contribution in [3.63, 3.8) is 0 Å². The number of benzene rings is 1.